The van der Waals surface area contributed by atoms with E-state index in [1.807, 2.05) is 32.0 Å². The molecule has 21 heavy (non-hydrogen) atoms. The summed E-state index contributed by atoms with van der Waals surface area (Å²) in [5, 5.41) is 11.1. The summed E-state index contributed by atoms with van der Waals surface area (Å²) in [6.45, 7) is 4.05. The molecule has 0 aliphatic carbocycles. The minimum absolute atomic E-state index is 0.152. The Morgan fingerprint density at radius 2 is 1.90 bits per heavy atom. The highest BCUT2D eigenvalue weighted by atomic mass is 16.5. The van der Waals surface area contributed by atoms with E-state index in [1.54, 1.807) is 30.3 Å². The number of hydrogen-bond acceptors (Lipinski definition) is 3. The number of carbonyl (C=O) groups is 1. The molecular formula is C17H16N2O2. The Morgan fingerprint density at radius 1 is 1.19 bits per heavy atom. The molecule has 2 rings (SSSR count). The monoisotopic (exact) mass is 280 g/mol. The molecule has 1 amide bonds. The molecule has 2 aromatic carbocycles. The van der Waals surface area contributed by atoms with Crippen molar-refractivity contribution in [3.05, 3.63) is 53.6 Å². The number of ether oxygens (including phenoxy) is 1. The van der Waals surface area contributed by atoms with Crippen molar-refractivity contribution in [3.8, 4) is 17.6 Å². The first-order valence-electron chi connectivity index (χ1n) is 6.61. The number of carbonyl (C=O) groups excluding carboxylic acids is 1. The number of nitriles is 1. The van der Waals surface area contributed by atoms with Crippen LogP contribution >= 0.6 is 0 Å². The molecule has 0 aliphatic heterocycles. The van der Waals surface area contributed by atoms with Gasteiger partial charge in [-0.15, -0.1) is 0 Å². The fraction of sp³-hybridized carbons (Fsp3) is 0.176. The summed E-state index contributed by atoms with van der Waals surface area (Å²) < 4.78 is 5.83. The van der Waals surface area contributed by atoms with Gasteiger partial charge in [-0.05, 0) is 55.3 Å². The fourth-order valence-electron chi connectivity index (χ4n) is 1.85. The highest BCUT2D eigenvalue weighted by Gasteiger charge is 2.04. The van der Waals surface area contributed by atoms with Gasteiger partial charge in [0, 0.05) is 5.69 Å². The average molecular weight is 280 g/mol. The van der Waals surface area contributed by atoms with E-state index in [0.29, 0.717) is 11.4 Å². The van der Waals surface area contributed by atoms with Crippen LogP contribution in [0.15, 0.2) is 42.5 Å². The van der Waals surface area contributed by atoms with E-state index < -0.39 is 0 Å². The molecule has 2 aromatic rings. The Balaban J connectivity index is 2.08. The molecule has 0 fully saturated rings. The largest absolute Gasteiger partial charge is 0.457 e. The van der Waals surface area contributed by atoms with Crippen molar-refractivity contribution in [2.45, 2.75) is 20.3 Å². The van der Waals surface area contributed by atoms with Crippen LogP contribution in [0.25, 0.3) is 0 Å². The molecule has 0 aromatic heterocycles. The second-order valence-corrected chi connectivity index (χ2v) is 4.71. The number of anilines is 1. The molecule has 0 unspecified atom stereocenters. The molecule has 106 valence electrons. The topological polar surface area (TPSA) is 62.1 Å². The van der Waals surface area contributed by atoms with Crippen molar-refractivity contribution in [2.24, 2.45) is 0 Å². The number of nitrogens with one attached hydrogen (secondary N) is 1. The number of benzene rings is 2. The molecule has 0 atom stereocenters. The third kappa shape index (κ3) is 3.83. The van der Waals surface area contributed by atoms with Gasteiger partial charge in [0.05, 0.1) is 6.07 Å². The smallest absolute Gasteiger partial charge is 0.238 e. The van der Waals surface area contributed by atoms with Gasteiger partial charge in [0.25, 0.3) is 0 Å². The van der Waals surface area contributed by atoms with E-state index in [1.165, 1.54) is 5.56 Å². The fourth-order valence-corrected chi connectivity index (χ4v) is 1.85. The average Bonchev–Trinajstić information content (AvgIpc) is 2.46. The molecule has 0 saturated heterocycles. The van der Waals surface area contributed by atoms with Gasteiger partial charge in [0.2, 0.25) is 5.91 Å². The van der Waals surface area contributed by atoms with Crippen molar-refractivity contribution < 1.29 is 9.53 Å². The molecule has 1 N–H and O–H groups in total. The molecule has 0 bridgehead atoms. The van der Waals surface area contributed by atoms with Crippen molar-refractivity contribution >= 4 is 11.6 Å². The number of amides is 1. The zero-order chi connectivity index (χ0) is 15.2. The van der Waals surface area contributed by atoms with Gasteiger partial charge in [0.15, 0.2) is 0 Å². The quantitative estimate of drug-likeness (QED) is 0.922. The first-order valence-corrected chi connectivity index (χ1v) is 6.61. The summed E-state index contributed by atoms with van der Waals surface area (Å²) in [7, 11) is 0. The first kappa shape index (κ1) is 14.6. The summed E-state index contributed by atoms with van der Waals surface area (Å²) in [6, 6.07) is 14.8. The summed E-state index contributed by atoms with van der Waals surface area (Å²) >= 11 is 0. The van der Waals surface area contributed by atoms with E-state index in [0.717, 1.165) is 11.3 Å². The molecule has 0 aliphatic rings. The SMILES string of the molecule is Cc1cccc(Oc2ccc(NC(=O)CC#N)cc2)c1C. The van der Waals surface area contributed by atoms with Gasteiger partial charge in [0.1, 0.15) is 17.9 Å². The summed E-state index contributed by atoms with van der Waals surface area (Å²) in [5.41, 5.74) is 2.92. The number of rotatable bonds is 4. The molecule has 0 spiro atoms. The van der Waals surface area contributed by atoms with Gasteiger partial charge >= 0.3 is 0 Å². The van der Waals surface area contributed by atoms with E-state index in [9.17, 15) is 4.79 Å². The maximum atomic E-state index is 11.3. The van der Waals surface area contributed by atoms with Crippen LogP contribution in [0.3, 0.4) is 0 Å². The second kappa shape index (κ2) is 6.58. The molecular weight excluding hydrogens is 264 g/mol. The Kier molecular flexibility index (Phi) is 4.57. The number of aryl methyl sites for hydroxylation is 1. The van der Waals surface area contributed by atoms with Crippen LogP contribution in [0.5, 0.6) is 11.5 Å². The summed E-state index contributed by atoms with van der Waals surface area (Å²) in [4.78, 5) is 11.3. The van der Waals surface area contributed by atoms with E-state index in [2.05, 4.69) is 5.32 Å². The van der Waals surface area contributed by atoms with Crippen molar-refractivity contribution in [3.63, 3.8) is 0 Å². The van der Waals surface area contributed by atoms with Crippen molar-refractivity contribution in [2.75, 3.05) is 5.32 Å². The van der Waals surface area contributed by atoms with E-state index in [4.69, 9.17) is 10.00 Å². The summed E-state index contributed by atoms with van der Waals surface area (Å²) in [6.07, 6.45) is -0.152. The maximum Gasteiger partial charge on any atom is 0.238 e. The Bertz CT molecular complexity index is 685. The van der Waals surface area contributed by atoms with Crippen molar-refractivity contribution in [1.29, 1.82) is 5.26 Å². The third-order valence-electron chi connectivity index (χ3n) is 3.16. The lowest BCUT2D eigenvalue weighted by Crippen LogP contribution is -2.09. The van der Waals surface area contributed by atoms with Crippen LogP contribution in [-0.2, 0) is 4.79 Å². The zero-order valence-electron chi connectivity index (χ0n) is 12.0. The van der Waals surface area contributed by atoms with Crippen LogP contribution < -0.4 is 10.1 Å². The van der Waals surface area contributed by atoms with Gasteiger partial charge in [-0.3, -0.25) is 4.79 Å². The normalized spacial score (nSPS) is 9.76. The lowest BCUT2D eigenvalue weighted by molar-refractivity contribution is -0.115. The Labute approximate surface area is 124 Å². The van der Waals surface area contributed by atoms with Gasteiger partial charge in [-0.25, -0.2) is 0 Å². The van der Waals surface area contributed by atoms with Crippen LogP contribution in [0.1, 0.15) is 17.5 Å². The van der Waals surface area contributed by atoms with Crippen LogP contribution in [0.2, 0.25) is 0 Å². The first-order chi connectivity index (χ1) is 10.1. The van der Waals surface area contributed by atoms with Gasteiger partial charge in [-0.1, -0.05) is 12.1 Å². The predicted octanol–water partition coefficient (Wildman–Crippen LogP) is 3.95. The van der Waals surface area contributed by atoms with Crippen LogP contribution in [0.4, 0.5) is 5.69 Å². The van der Waals surface area contributed by atoms with E-state index in [-0.39, 0.29) is 12.3 Å². The zero-order valence-corrected chi connectivity index (χ0v) is 12.0. The minimum Gasteiger partial charge on any atom is -0.457 e. The van der Waals surface area contributed by atoms with Gasteiger partial charge < -0.3 is 10.1 Å². The van der Waals surface area contributed by atoms with Crippen LogP contribution in [-0.4, -0.2) is 5.91 Å². The molecule has 4 nitrogen and oxygen atoms in total. The number of nitrogens with zero attached hydrogens (tertiary/aromatic N) is 1. The second-order valence-electron chi connectivity index (χ2n) is 4.71. The minimum atomic E-state index is -0.319. The predicted molar refractivity (Wildman–Crippen MR) is 81.3 cm³/mol. The molecule has 0 radical (unpaired) electrons. The maximum absolute atomic E-state index is 11.3. The van der Waals surface area contributed by atoms with Gasteiger partial charge in [-0.2, -0.15) is 5.26 Å². The number of hydrogen-bond donors (Lipinski definition) is 1. The van der Waals surface area contributed by atoms with Crippen molar-refractivity contribution in [1.82, 2.24) is 0 Å². The standard InChI is InChI=1S/C17H16N2O2/c1-12-4-3-5-16(13(12)2)21-15-8-6-14(7-9-15)19-17(20)10-11-18/h3-9H,10H2,1-2H3,(H,19,20). The Hall–Kier alpha value is -2.80. The molecule has 4 heteroatoms. The highest BCUT2D eigenvalue weighted by Crippen LogP contribution is 2.27. The highest BCUT2D eigenvalue weighted by molar-refractivity contribution is 5.92. The summed E-state index contributed by atoms with van der Waals surface area (Å²) in [5.74, 6) is 1.19. The lowest BCUT2D eigenvalue weighted by atomic mass is 10.1. The third-order valence-corrected chi connectivity index (χ3v) is 3.16. The lowest BCUT2D eigenvalue weighted by Gasteiger charge is -2.11. The Morgan fingerprint density at radius 3 is 2.57 bits per heavy atom. The molecule has 0 heterocycles. The van der Waals surface area contributed by atoms with Crippen LogP contribution in [0, 0.1) is 25.2 Å². The molecule has 0 saturated carbocycles. The van der Waals surface area contributed by atoms with E-state index >= 15 is 0 Å².